The number of aryl methyl sites for hydroxylation is 1. The van der Waals surface area contributed by atoms with Crippen LogP contribution in [0.2, 0.25) is 0 Å². The minimum Gasteiger partial charge on any atom is -1.00 e. The van der Waals surface area contributed by atoms with E-state index >= 15 is 0 Å². The average molecular weight is 716 g/mol. The molecule has 2 bridgehead atoms. The van der Waals surface area contributed by atoms with E-state index in [1.807, 2.05) is 6.07 Å². The monoisotopic (exact) mass is 714 g/mol. The third kappa shape index (κ3) is 8.20. The average Bonchev–Trinajstić information content (AvgIpc) is 2.93. The van der Waals surface area contributed by atoms with Crippen molar-refractivity contribution in [1.29, 1.82) is 0 Å². The Morgan fingerprint density at radius 1 is 1.08 bits per heavy atom. The first kappa shape index (κ1) is 34.5. The number of halogens is 2. The third-order valence-corrected chi connectivity index (χ3v) is 9.69. The molecule has 2 aromatic rings. The maximum absolute atomic E-state index is 12.0. The van der Waals surface area contributed by atoms with E-state index in [4.69, 9.17) is 4.74 Å². The van der Waals surface area contributed by atoms with Crippen molar-refractivity contribution in [1.82, 2.24) is 0 Å². The number of unbranched alkanes of at least 4 members (excludes halogenated alkanes) is 9. The number of hydrogen-bond acceptors (Lipinski definition) is 2. The van der Waals surface area contributed by atoms with E-state index in [-0.39, 0.29) is 47.0 Å². The number of nitrogens with zero attached hydrogens (tertiary/aromatic N) is 2. The number of rotatable bonds is 15. The molecule has 4 nitrogen and oxygen atoms in total. The van der Waals surface area contributed by atoms with Crippen molar-refractivity contribution in [2.24, 2.45) is 18.9 Å². The van der Waals surface area contributed by atoms with Crippen molar-refractivity contribution < 1.29 is 59.9 Å². The fraction of sp³-hybridized carbons (Fsp3) is 0.667. The van der Waals surface area contributed by atoms with Crippen LogP contribution in [-0.4, -0.2) is 42.4 Å². The predicted molar refractivity (Wildman–Crippen MR) is 154 cm³/mol. The van der Waals surface area contributed by atoms with E-state index in [1.54, 1.807) is 7.11 Å². The Morgan fingerprint density at radius 3 is 2.38 bits per heavy atom. The second-order valence-electron chi connectivity index (χ2n) is 12.0. The van der Waals surface area contributed by atoms with Crippen LogP contribution in [0.15, 0.2) is 43.1 Å². The molecular weight excluding hydrogens is 663 g/mol. The minimum atomic E-state index is -0.465. The van der Waals surface area contributed by atoms with Crippen molar-refractivity contribution in [3.63, 3.8) is 0 Å². The summed E-state index contributed by atoms with van der Waals surface area (Å²) in [6.45, 7) is 10.0. The van der Waals surface area contributed by atoms with Crippen LogP contribution in [0.1, 0.15) is 95.6 Å². The zero-order chi connectivity index (χ0) is 26.3. The van der Waals surface area contributed by atoms with Crippen LogP contribution < -0.4 is 50.3 Å². The maximum atomic E-state index is 12.0. The number of fused-ring (bicyclic) bond motifs is 4. The van der Waals surface area contributed by atoms with Gasteiger partial charge in [0.05, 0.1) is 32.1 Å². The van der Waals surface area contributed by atoms with Crippen molar-refractivity contribution in [2.45, 2.75) is 96.1 Å². The summed E-state index contributed by atoms with van der Waals surface area (Å²) in [5, 5.41) is 13.1. The lowest BCUT2D eigenvalue weighted by molar-refractivity contribution is -0.973. The Bertz CT molecular complexity index is 1030. The summed E-state index contributed by atoms with van der Waals surface area (Å²) in [6.07, 6.45) is 19.9. The Labute approximate surface area is 265 Å². The standard InChI is InChI=1S/C33H52N2O2.BrH.HI/c1-5-7-8-9-10-11-12-13-14-15-21-35-22-19-27(26(6-2)25-35)23-32(35)33(36)29-18-20-34(3)31-17-16-28(37-4)24-30(29)31;;/h6,16-18,20,24,26-27,32-33,36H,2,5,7-15,19,21-23,25H2,1,3-4H3;2*1H/q+2;;/p-2/t26?,27?,32-,33-,35?;;/m0../s1. The molecule has 0 aliphatic carbocycles. The normalized spacial score (nSPS) is 24.6. The van der Waals surface area contributed by atoms with Gasteiger partial charge in [-0.3, -0.25) is 0 Å². The van der Waals surface area contributed by atoms with Gasteiger partial charge in [0.15, 0.2) is 6.20 Å². The Balaban J connectivity index is 0.00000267. The van der Waals surface area contributed by atoms with Gasteiger partial charge >= 0.3 is 0 Å². The first-order valence-electron chi connectivity index (χ1n) is 15.2. The molecule has 3 aliphatic rings. The third-order valence-electron chi connectivity index (χ3n) is 9.69. The molecule has 220 valence electrons. The summed E-state index contributed by atoms with van der Waals surface area (Å²) in [6, 6.07) is 8.62. The van der Waals surface area contributed by atoms with Gasteiger partial charge in [0.2, 0.25) is 5.52 Å². The summed E-state index contributed by atoms with van der Waals surface area (Å²) in [5.74, 6) is 2.09. The molecule has 1 aromatic carbocycles. The molecule has 0 spiro atoms. The number of piperidine rings is 3. The first-order chi connectivity index (χ1) is 18.0. The van der Waals surface area contributed by atoms with Crippen molar-refractivity contribution in [3.8, 4) is 5.75 Å². The number of aromatic nitrogens is 1. The lowest BCUT2D eigenvalue weighted by Crippen LogP contribution is -3.00. The largest absolute Gasteiger partial charge is 1.00 e. The van der Waals surface area contributed by atoms with Crippen LogP contribution in [0.4, 0.5) is 0 Å². The molecule has 0 amide bonds. The van der Waals surface area contributed by atoms with E-state index in [2.05, 4.69) is 55.6 Å². The first-order valence-corrected chi connectivity index (χ1v) is 15.2. The van der Waals surface area contributed by atoms with Crippen molar-refractivity contribution >= 4 is 10.9 Å². The lowest BCUT2D eigenvalue weighted by atomic mass is 9.71. The van der Waals surface area contributed by atoms with Crippen molar-refractivity contribution in [2.75, 3.05) is 26.7 Å². The number of aliphatic hydroxyl groups excluding tert-OH is 1. The molecule has 0 saturated carbocycles. The molecule has 5 atom stereocenters. The van der Waals surface area contributed by atoms with Gasteiger partial charge in [-0.2, -0.15) is 0 Å². The lowest BCUT2D eigenvalue weighted by Gasteiger charge is -2.58. The quantitative estimate of drug-likeness (QED) is 0.0985. The molecule has 3 saturated heterocycles. The van der Waals surface area contributed by atoms with Gasteiger partial charge in [-0.1, -0.05) is 64.4 Å². The van der Waals surface area contributed by atoms with Crippen LogP contribution in [0.5, 0.6) is 5.75 Å². The zero-order valence-corrected chi connectivity index (χ0v) is 28.3. The Hall–Kier alpha value is -0.700. The molecule has 3 fully saturated rings. The number of quaternary nitrogens is 1. The Morgan fingerprint density at radius 2 is 1.74 bits per heavy atom. The van der Waals surface area contributed by atoms with E-state index in [9.17, 15) is 5.11 Å². The second kappa shape index (κ2) is 16.7. The topological polar surface area (TPSA) is 33.3 Å². The number of hydrogen-bond donors (Lipinski definition) is 1. The fourth-order valence-electron chi connectivity index (χ4n) is 7.41. The molecule has 3 unspecified atom stereocenters. The summed E-state index contributed by atoms with van der Waals surface area (Å²) >= 11 is 0. The van der Waals surface area contributed by atoms with E-state index in [0.717, 1.165) is 39.7 Å². The van der Waals surface area contributed by atoms with E-state index in [0.29, 0.717) is 11.8 Å². The van der Waals surface area contributed by atoms with Crippen LogP contribution in [-0.2, 0) is 7.05 Å². The van der Waals surface area contributed by atoms with Gasteiger partial charge in [-0.05, 0) is 30.9 Å². The molecular formula is C33H52BrIN2O2. The SMILES string of the molecule is C=CC1C[N+]2(CCCCCCCCCCCC)CCC1C[C@H]2[C@@H](O)c1cc[n+](C)c2ccc(OC)cc12.[Br-].[I-]. The highest BCUT2D eigenvalue weighted by Gasteiger charge is 2.53. The van der Waals surface area contributed by atoms with E-state index in [1.165, 1.54) is 83.7 Å². The molecule has 1 aromatic heterocycles. The van der Waals surface area contributed by atoms with Gasteiger partial charge < -0.3 is 55.3 Å². The van der Waals surface area contributed by atoms with Crippen LogP contribution in [0, 0.1) is 11.8 Å². The number of benzene rings is 1. The summed E-state index contributed by atoms with van der Waals surface area (Å²) < 4.78 is 8.76. The highest BCUT2D eigenvalue weighted by Crippen LogP contribution is 2.47. The highest BCUT2D eigenvalue weighted by atomic mass is 127. The van der Waals surface area contributed by atoms with Gasteiger partial charge in [0.1, 0.15) is 24.9 Å². The van der Waals surface area contributed by atoms with Gasteiger partial charge in [-0.25, -0.2) is 4.57 Å². The Kier molecular flexibility index (Phi) is 14.7. The molecule has 39 heavy (non-hydrogen) atoms. The number of aliphatic hydroxyl groups is 1. The highest BCUT2D eigenvalue weighted by molar-refractivity contribution is 5.81. The molecule has 5 rings (SSSR count). The summed E-state index contributed by atoms with van der Waals surface area (Å²) in [7, 11) is 3.79. The smallest absolute Gasteiger partial charge is 0.212 e. The minimum absolute atomic E-state index is 0. The van der Waals surface area contributed by atoms with E-state index < -0.39 is 6.10 Å². The second-order valence-corrected chi connectivity index (χ2v) is 12.0. The van der Waals surface area contributed by atoms with Crippen molar-refractivity contribution in [3.05, 3.63) is 48.7 Å². The molecule has 4 heterocycles. The van der Waals surface area contributed by atoms with Crippen LogP contribution in [0.25, 0.3) is 10.9 Å². The van der Waals surface area contributed by atoms with Crippen LogP contribution >= 0.6 is 0 Å². The van der Waals surface area contributed by atoms with Gasteiger partial charge in [-0.15, -0.1) is 6.58 Å². The fourth-order valence-corrected chi connectivity index (χ4v) is 7.41. The number of pyridine rings is 1. The van der Waals surface area contributed by atoms with Gasteiger partial charge in [0, 0.05) is 36.5 Å². The maximum Gasteiger partial charge on any atom is 0.212 e. The number of ether oxygens (including phenoxy) is 1. The predicted octanol–water partition coefficient (Wildman–Crippen LogP) is 1.05. The molecule has 6 heteroatoms. The molecule has 3 aliphatic heterocycles. The summed E-state index contributed by atoms with van der Waals surface area (Å²) in [4.78, 5) is 0. The number of methoxy groups -OCH3 is 1. The van der Waals surface area contributed by atoms with Crippen LogP contribution in [0.3, 0.4) is 0 Å². The molecule has 0 radical (unpaired) electrons. The van der Waals surface area contributed by atoms with Gasteiger partial charge in [0.25, 0.3) is 0 Å². The summed E-state index contributed by atoms with van der Waals surface area (Å²) in [5.41, 5.74) is 2.19. The zero-order valence-electron chi connectivity index (χ0n) is 24.6. The molecule has 1 N–H and O–H groups in total.